The first kappa shape index (κ1) is 18.1. The van der Waals surface area contributed by atoms with Gasteiger partial charge in [0.1, 0.15) is 4.88 Å². The van der Waals surface area contributed by atoms with Crippen molar-refractivity contribution in [1.29, 1.82) is 0 Å². The molecule has 0 atom stereocenters. The molecule has 1 rings (SSSR count). The van der Waals surface area contributed by atoms with Crippen LogP contribution in [-0.4, -0.2) is 48.6 Å². The van der Waals surface area contributed by atoms with E-state index in [1.165, 1.54) is 15.8 Å². The predicted molar refractivity (Wildman–Crippen MR) is 81.3 cm³/mol. The molecule has 0 saturated carbocycles. The van der Waals surface area contributed by atoms with Crippen LogP contribution in [0.5, 0.6) is 0 Å². The van der Waals surface area contributed by atoms with Crippen molar-refractivity contribution in [3.8, 4) is 0 Å². The first-order chi connectivity index (χ1) is 9.93. The van der Waals surface area contributed by atoms with Gasteiger partial charge in [0, 0.05) is 18.5 Å². The number of unbranched alkanes of at least 4 members (excludes halogenated alkanes) is 3. The number of aromatic carboxylic acids is 1. The molecular formula is C13H21NO5S2. The van der Waals surface area contributed by atoms with Crippen molar-refractivity contribution in [2.45, 2.75) is 37.5 Å². The van der Waals surface area contributed by atoms with Gasteiger partial charge < -0.3 is 10.2 Å². The van der Waals surface area contributed by atoms with Crippen molar-refractivity contribution in [2.75, 3.05) is 19.7 Å². The van der Waals surface area contributed by atoms with Crippen molar-refractivity contribution < 1.29 is 23.4 Å². The van der Waals surface area contributed by atoms with Crippen molar-refractivity contribution in [1.82, 2.24) is 4.31 Å². The van der Waals surface area contributed by atoms with Gasteiger partial charge in [-0.25, -0.2) is 13.2 Å². The summed E-state index contributed by atoms with van der Waals surface area (Å²) in [5.41, 5.74) is 0. The van der Waals surface area contributed by atoms with E-state index in [2.05, 4.69) is 6.92 Å². The van der Waals surface area contributed by atoms with Crippen LogP contribution < -0.4 is 0 Å². The minimum atomic E-state index is -3.74. The molecule has 0 fully saturated rings. The van der Waals surface area contributed by atoms with Crippen molar-refractivity contribution >= 4 is 27.3 Å². The highest BCUT2D eigenvalue weighted by molar-refractivity contribution is 7.89. The Morgan fingerprint density at radius 1 is 1.29 bits per heavy atom. The lowest BCUT2D eigenvalue weighted by Gasteiger charge is -2.20. The van der Waals surface area contributed by atoms with Gasteiger partial charge in [0.15, 0.2) is 0 Å². The van der Waals surface area contributed by atoms with Gasteiger partial charge in [-0.15, -0.1) is 11.3 Å². The molecule has 0 bridgehead atoms. The Balaban J connectivity index is 2.84. The predicted octanol–water partition coefficient (Wildman–Crippen LogP) is 2.01. The molecule has 1 aromatic rings. The summed E-state index contributed by atoms with van der Waals surface area (Å²) >= 11 is 0.884. The largest absolute Gasteiger partial charge is 0.477 e. The molecule has 0 aliphatic carbocycles. The van der Waals surface area contributed by atoms with Crippen LogP contribution in [0.4, 0.5) is 0 Å². The van der Waals surface area contributed by atoms with E-state index in [0.29, 0.717) is 6.54 Å². The highest BCUT2D eigenvalue weighted by Crippen LogP contribution is 2.23. The topological polar surface area (TPSA) is 94.9 Å². The molecule has 0 unspecified atom stereocenters. The summed E-state index contributed by atoms with van der Waals surface area (Å²) in [6.45, 7) is 2.16. The zero-order chi connectivity index (χ0) is 15.9. The Labute approximate surface area is 129 Å². The van der Waals surface area contributed by atoms with Crippen LogP contribution in [0.3, 0.4) is 0 Å². The minimum Gasteiger partial charge on any atom is -0.477 e. The number of carboxylic acids is 1. The van der Waals surface area contributed by atoms with Crippen molar-refractivity contribution in [3.05, 3.63) is 16.3 Å². The molecule has 120 valence electrons. The number of carbonyl (C=O) groups is 1. The third-order valence-corrected chi connectivity index (χ3v) is 5.98. The van der Waals surface area contributed by atoms with Gasteiger partial charge in [0.25, 0.3) is 0 Å². The Morgan fingerprint density at radius 2 is 2.00 bits per heavy atom. The molecular weight excluding hydrogens is 314 g/mol. The third-order valence-electron chi connectivity index (χ3n) is 3.03. The second-order valence-corrected chi connectivity index (χ2v) is 7.49. The molecule has 6 nitrogen and oxygen atoms in total. The minimum absolute atomic E-state index is 0.0106. The molecule has 0 aromatic carbocycles. The summed E-state index contributed by atoms with van der Waals surface area (Å²) < 4.78 is 26.1. The van der Waals surface area contributed by atoms with E-state index in [0.717, 1.165) is 37.0 Å². The Bertz CT molecular complexity index is 553. The summed E-state index contributed by atoms with van der Waals surface area (Å²) in [6.07, 6.45) is 3.74. The van der Waals surface area contributed by atoms with Crippen LogP contribution in [0.25, 0.3) is 0 Å². The van der Waals surface area contributed by atoms with E-state index in [9.17, 15) is 13.2 Å². The number of hydrogen-bond donors (Lipinski definition) is 2. The molecule has 21 heavy (non-hydrogen) atoms. The number of rotatable bonds is 10. The number of aliphatic hydroxyl groups excluding tert-OH is 1. The molecule has 0 amide bonds. The Hall–Kier alpha value is -0.960. The van der Waals surface area contributed by atoms with Crippen LogP contribution in [0.15, 0.2) is 16.3 Å². The quantitative estimate of drug-likeness (QED) is 0.638. The van der Waals surface area contributed by atoms with Crippen LogP contribution in [0.2, 0.25) is 0 Å². The summed E-state index contributed by atoms with van der Waals surface area (Å²) in [6, 6.07) is 1.17. The van der Waals surface area contributed by atoms with E-state index >= 15 is 0 Å². The number of thiophene rings is 1. The molecule has 0 aliphatic rings. The molecule has 1 aromatic heterocycles. The molecule has 0 saturated heterocycles. The van der Waals surface area contributed by atoms with E-state index in [1.807, 2.05) is 0 Å². The van der Waals surface area contributed by atoms with Gasteiger partial charge >= 0.3 is 5.97 Å². The average Bonchev–Trinajstić information content (AvgIpc) is 2.92. The highest BCUT2D eigenvalue weighted by Gasteiger charge is 2.25. The Kier molecular flexibility index (Phi) is 7.30. The van der Waals surface area contributed by atoms with Gasteiger partial charge in [-0.1, -0.05) is 26.2 Å². The molecule has 0 spiro atoms. The van der Waals surface area contributed by atoms with Crippen LogP contribution >= 0.6 is 11.3 Å². The van der Waals surface area contributed by atoms with Crippen LogP contribution in [0, 0.1) is 0 Å². The third kappa shape index (κ3) is 5.06. The number of hydrogen-bond acceptors (Lipinski definition) is 5. The van der Waals surface area contributed by atoms with Crippen molar-refractivity contribution in [2.24, 2.45) is 0 Å². The van der Waals surface area contributed by atoms with Gasteiger partial charge in [-0.3, -0.25) is 0 Å². The van der Waals surface area contributed by atoms with Gasteiger partial charge in [0.05, 0.1) is 11.5 Å². The fourth-order valence-corrected chi connectivity index (χ4v) is 4.46. The highest BCUT2D eigenvalue weighted by atomic mass is 32.2. The maximum Gasteiger partial charge on any atom is 0.345 e. The lowest BCUT2D eigenvalue weighted by atomic mass is 10.2. The van der Waals surface area contributed by atoms with Crippen LogP contribution in [-0.2, 0) is 10.0 Å². The fraction of sp³-hybridized carbons (Fsp3) is 0.615. The number of nitrogens with zero attached hydrogens (tertiary/aromatic N) is 1. The van der Waals surface area contributed by atoms with Gasteiger partial charge in [0.2, 0.25) is 10.0 Å². The standard InChI is InChI=1S/C13H21NO5S2/c1-2-3-4-5-6-14(7-8-15)21(18,19)11-9-12(13(16)17)20-10-11/h9-10,15H,2-8H2,1H3,(H,16,17). The van der Waals surface area contributed by atoms with Gasteiger partial charge in [-0.2, -0.15) is 4.31 Å². The molecule has 0 radical (unpaired) electrons. The Morgan fingerprint density at radius 3 is 2.52 bits per heavy atom. The lowest BCUT2D eigenvalue weighted by Crippen LogP contribution is -2.34. The second-order valence-electron chi connectivity index (χ2n) is 4.64. The first-order valence-corrected chi connectivity index (χ1v) is 9.18. The zero-order valence-corrected chi connectivity index (χ0v) is 13.6. The smallest absolute Gasteiger partial charge is 0.345 e. The van der Waals surface area contributed by atoms with E-state index in [-0.39, 0.29) is 22.9 Å². The molecule has 0 aliphatic heterocycles. The summed E-state index contributed by atoms with van der Waals surface area (Å²) in [4.78, 5) is 10.8. The molecule has 2 N–H and O–H groups in total. The summed E-state index contributed by atoms with van der Waals surface area (Å²) in [7, 11) is -3.74. The lowest BCUT2D eigenvalue weighted by molar-refractivity contribution is 0.0702. The molecule has 8 heteroatoms. The van der Waals surface area contributed by atoms with Crippen molar-refractivity contribution in [3.63, 3.8) is 0 Å². The number of aliphatic hydroxyl groups is 1. The average molecular weight is 335 g/mol. The van der Waals surface area contributed by atoms with Gasteiger partial charge in [-0.05, 0) is 12.5 Å². The maximum absolute atomic E-state index is 12.5. The SMILES string of the molecule is CCCCCCN(CCO)S(=O)(=O)c1csc(C(=O)O)c1. The number of sulfonamides is 1. The monoisotopic (exact) mass is 335 g/mol. The second kappa shape index (κ2) is 8.47. The number of carboxylic acid groups (broad SMARTS) is 1. The summed E-state index contributed by atoms with van der Waals surface area (Å²) in [5.74, 6) is -1.14. The fourth-order valence-electron chi connectivity index (χ4n) is 1.89. The van der Waals surface area contributed by atoms with E-state index in [4.69, 9.17) is 10.2 Å². The van der Waals surface area contributed by atoms with Crippen LogP contribution in [0.1, 0.15) is 42.3 Å². The maximum atomic E-state index is 12.5. The van der Waals surface area contributed by atoms with E-state index < -0.39 is 16.0 Å². The van der Waals surface area contributed by atoms with E-state index in [1.54, 1.807) is 0 Å². The summed E-state index contributed by atoms with van der Waals surface area (Å²) in [5, 5.41) is 19.2. The molecule has 1 heterocycles. The zero-order valence-electron chi connectivity index (χ0n) is 12.0. The first-order valence-electron chi connectivity index (χ1n) is 6.86. The normalized spacial score (nSPS) is 12.0.